The Balaban J connectivity index is 1.50. The summed E-state index contributed by atoms with van der Waals surface area (Å²) in [5.74, 6) is -0.271. The molecule has 1 aliphatic heterocycles. The zero-order chi connectivity index (χ0) is 25.9. The maximum Gasteiger partial charge on any atom is 0.338 e. The summed E-state index contributed by atoms with van der Waals surface area (Å²) in [6, 6.07) is 20.3. The van der Waals surface area contributed by atoms with Gasteiger partial charge in [0.2, 0.25) is 11.1 Å². The Bertz CT molecular complexity index is 1470. The van der Waals surface area contributed by atoms with E-state index in [-0.39, 0.29) is 22.8 Å². The molecule has 1 unspecified atom stereocenters. The number of esters is 1. The topological polar surface area (TPSA) is 69.0 Å². The maximum absolute atomic E-state index is 15.2. The number of benzene rings is 3. The lowest BCUT2D eigenvalue weighted by Crippen LogP contribution is -2.30. The fourth-order valence-corrected chi connectivity index (χ4v) is 5.44. The van der Waals surface area contributed by atoms with Crippen molar-refractivity contribution in [3.63, 3.8) is 0 Å². The number of carbonyl (C=O) groups is 1. The molecule has 0 spiro atoms. The van der Waals surface area contributed by atoms with Gasteiger partial charge in [0.05, 0.1) is 5.57 Å². The van der Waals surface area contributed by atoms with Crippen molar-refractivity contribution >= 4 is 46.9 Å². The average molecular weight is 555 g/mol. The molecule has 188 valence electrons. The molecular weight excluding hydrogens is 534 g/mol. The first-order chi connectivity index (χ1) is 17.9. The number of nitrogens with zero attached hydrogens (tertiary/aromatic N) is 3. The number of fused-ring (bicyclic) bond motifs is 1. The predicted molar refractivity (Wildman–Crippen MR) is 143 cm³/mol. The van der Waals surface area contributed by atoms with Gasteiger partial charge in [-0.15, -0.1) is 5.10 Å². The highest BCUT2D eigenvalue weighted by atomic mass is 35.5. The van der Waals surface area contributed by atoms with E-state index in [1.165, 1.54) is 28.6 Å². The third kappa shape index (κ3) is 5.37. The number of allylic oxidation sites excluding steroid dienone is 1. The van der Waals surface area contributed by atoms with Crippen molar-refractivity contribution in [2.45, 2.75) is 30.5 Å². The number of carbonyl (C=O) groups excluding carboxylic acids is 1. The van der Waals surface area contributed by atoms with Gasteiger partial charge >= 0.3 is 5.97 Å². The second-order valence-electron chi connectivity index (χ2n) is 8.31. The summed E-state index contributed by atoms with van der Waals surface area (Å²) in [5.41, 5.74) is 2.56. The molecule has 4 aromatic rings. The van der Waals surface area contributed by atoms with Crippen molar-refractivity contribution in [3.05, 3.63) is 117 Å². The number of ether oxygens (including phenoxy) is 1. The molecule has 5 rings (SSSR count). The summed E-state index contributed by atoms with van der Waals surface area (Å²) in [4.78, 5) is 18.0. The predicted octanol–water partition coefficient (Wildman–Crippen LogP) is 7.05. The van der Waals surface area contributed by atoms with Crippen LogP contribution in [0.15, 0.2) is 89.2 Å². The molecule has 10 heteroatoms. The normalized spacial score (nSPS) is 14.8. The van der Waals surface area contributed by atoms with Crippen LogP contribution in [0.4, 0.5) is 10.3 Å². The van der Waals surface area contributed by atoms with Crippen LogP contribution in [0.25, 0.3) is 0 Å². The van der Waals surface area contributed by atoms with E-state index in [2.05, 4.69) is 15.4 Å². The van der Waals surface area contributed by atoms with E-state index >= 15 is 4.39 Å². The fraction of sp³-hybridized carbons (Fsp3) is 0.148. The van der Waals surface area contributed by atoms with E-state index < -0.39 is 17.8 Å². The van der Waals surface area contributed by atoms with Crippen molar-refractivity contribution < 1.29 is 13.9 Å². The van der Waals surface area contributed by atoms with Gasteiger partial charge in [-0.25, -0.2) is 13.9 Å². The molecule has 6 nitrogen and oxygen atoms in total. The van der Waals surface area contributed by atoms with Gasteiger partial charge in [-0.3, -0.25) is 0 Å². The molecule has 0 aliphatic carbocycles. The van der Waals surface area contributed by atoms with Crippen LogP contribution in [-0.2, 0) is 21.9 Å². The van der Waals surface area contributed by atoms with E-state index in [0.29, 0.717) is 27.6 Å². The number of thioether (sulfide) groups is 1. The number of hydrogen-bond donors (Lipinski definition) is 1. The Kier molecular flexibility index (Phi) is 7.50. The van der Waals surface area contributed by atoms with Crippen LogP contribution >= 0.6 is 35.0 Å². The van der Waals surface area contributed by atoms with Crippen molar-refractivity contribution in [1.29, 1.82) is 0 Å². The van der Waals surface area contributed by atoms with E-state index in [1.54, 1.807) is 13.0 Å². The SMILES string of the molecule is CC1=C(C(=O)OCc2ccccc2)C(c2c(F)cccc2Cl)n2nc(SCc3ccccc3Cl)nc2N1. The molecule has 1 atom stereocenters. The minimum absolute atomic E-state index is 0.0668. The van der Waals surface area contributed by atoms with Gasteiger partial charge in [-0.05, 0) is 36.2 Å². The highest BCUT2D eigenvalue weighted by Gasteiger charge is 2.38. The molecule has 1 aromatic heterocycles. The molecule has 0 saturated carbocycles. The summed E-state index contributed by atoms with van der Waals surface area (Å²) in [6.45, 7) is 1.78. The van der Waals surface area contributed by atoms with Crippen LogP contribution in [0, 0.1) is 5.82 Å². The second-order valence-corrected chi connectivity index (χ2v) is 10.1. The molecule has 1 aliphatic rings. The van der Waals surface area contributed by atoms with Crippen LogP contribution in [0.1, 0.15) is 29.7 Å². The quantitative estimate of drug-likeness (QED) is 0.195. The number of anilines is 1. The second kappa shape index (κ2) is 11.0. The number of aromatic nitrogens is 3. The highest BCUT2D eigenvalue weighted by Crippen LogP contribution is 2.40. The Hall–Kier alpha value is -3.33. The van der Waals surface area contributed by atoms with Crippen molar-refractivity contribution in [1.82, 2.24) is 14.8 Å². The molecule has 3 aromatic carbocycles. The monoisotopic (exact) mass is 554 g/mol. The molecule has 2 heterocycles. The minimum Gasteiger partial charge on any atom is -0.457 e. The van der Waals surface area contributed by atoms with Gasteiger partial charge < -0.3 is 10.1 Å². The summed E-state index contributed by atoms with van der Waals surface area (Å²) in [7, 11) is 0. The zero-order valence-electron chi connectivity index (χ0n) is 19.6. The van der Waals surface area contributed by atoms with Crippen LogP contribution in [0.2, 0.25) is 10.0 Å². The number of halogens is 3. The summed E-state index contributed by atoms with van der Waals surface area (Å²) in [6.07, 6.45) is 0. The van der Waals surface area contributed by atoms with Gasteiger partial charge in [0.25, 0.3) is 0 Å². The van der Waals surface area contributed by atoms with Crippen molar-refractivity contribution in [3.8, 4) is 0 Å². The molecule has 1 N–H and O–H groups in total. The molecule has 0 fully saturated rings. The van der Waals surface area contributed by atoms with Crippen LogP contribution in [0.5, 0.6) is 0 Å². The Morgan fingerprint density at radius 2 is 1.78 bits per heavy atom. The maximum atomic E-state index is 15.2. The lowest BCUT2D eigenvalue weighted by molar-refractivity contribution is -0.140. The zero-order valence-corrected chi connectivity index (χ0v) is 21.9. The Labute approximate surface area is 227 Å². The fourth-order valence-electron chi connectivity index (χ4n) is 4.05. The van der Waals surface area contributed by atoms with Gasteiger partial charge in [-0.2, -0.15) is 4.98 Å². The number of rotatable bonds is 7. The summed E-state index contributed by atoms with van der Waals surface area (Å²) >= 11 is 14.1. The largest absolute Gasteiger partial charge is 0.457 e. The minimum atomic E-state index is -0.976. The first-order valence-corrected chi connectivity index (χ1v) is 13.1. The van der Waals surface area contributed by atoms with E-state index in [4.69, 9.17) is 27.9 Å². The molecule has 0 radical (unpaired) electrons. The van der Waals surface area contributed by atoms with E-state index in [1.807, 2.05) is 54.6 Å². The van der Waals surface area contributed by atoms with E-state index in [0.717, 1.165) is 11.1 Å². The third-order valence-electron chi connectivity index (χ3n) is 5.85. The average Bonchev–Trinajstić information content (AvgIpc) is 3.29. The lowest BCUT2D eigenvalue weighted by Gasteiger charge is -2.28. The first kappa shape index (κ1) is 25.3. The molecule has 0 bridgehead atoms. The molecular formula is C27H21Cl2FN4O2S. The molecule has 0 saturated heterocycles. The Morgan fingerprint density at radius 1 is 1.05 bits per heavy atom. The van der Waals surface area contributed by atoms with Gasteiger partial charge in [0.15, 0.2) is 0 Å². The van der Waals surface area contributed by atoms with Gasteiger partial charge in [0.1, 0.15) is 18.5 Å². The standard InChI is InChI=1S/C27H21Cl2FN4O2S/c1-16-22(25(35)36-14-17-8-3-2-4-9-17)24(23-20(29)12-7-13-21(23)30)34-26(31-16)32-27(33-34)37-15-18-10-5-6-11-19(18)28/h2-13,24H,14-15H2,1H3,(H,31,32,33). The van der Waals surface area contributed by atoms with Crippen molar-refractivity contribution in [2.24, 2.45) is 0 Å². The van der Waals surface area contributed by atoms with Crippen molar-refractivity contribution in [2.75, 3.05) is 5.32 Å². The first-order valence-electron chi connectivity index (χ1n) is 11.4. The van der Waals surface area contributed by atoms with Crippen LogP contribution in [0.3, 0.4) is 0 Å². The van der Waals surface area contributed by atoms with E-state index in [9.17, 15) is 4.79 Å². The lowest BCUT2D eigenvalue weighted by atomic mass is 9.95. The smallest absolute Gasteiger partial charge is 0.338 e. The summed E-state index contributed by atoms with van der Waals surface area (Å²) in [5, 5.41) is 8.99. The highest BCUT2D eigenvalue weighted by molar-refractivity contribution is 7.98. The third-order valence-corrected chi connectivity index (χ3v) is 7.44. The number of nitrogens with one attached hydrogen (secondary N) is 1. The summed E-state index contributed by atoms with van der Waals surface area (Å²) < 4.78 is 22.3. The Morgan fingerprint density at radius 3 is 2.54 bits per heavy atom. The molecule has 37 heavy (non-hydrogen) atoms. The van der Waals surface area contributed by atoms with Crippen LogP contribution in [-0.4, -0.2) is 20.7 Å². The number of hydrogen-bond acceptors (Lipinski definition) is 6. The van der Waals surface area contributed by atoms with Gasteiger partial charge in [0, 0.05) is 27.1 Å². The van der Waals surface area contributed by atoms with Gasteiger partial charge in [-0.1, -0.05) is 89.6 Å². The molecule has 0 amide bonds. The van der Waals surface area contributed by atoms with Crippen LogP contribution < -0.4 is 5.32 Å².